The first-order chi connectivity index (χ1) is 12.3. The third kappa shape index (κ3) is 5.03. The second-order valence-electron chi connectivity index (χ2n) is 6.49. The van der Waals surface area contributed by atoms with Crippen molar-refractivity contribution in [2.45, 2.75) is 19.4 Å². The number of nitrogens with zero attached hydrogens (tertiary/aromatic N) is 1. The third-order valence-corrected chi connectivity index (χ3v) is 4.88. The van der Waals surface area contributed by atoms with E-state index in [9.17, 15) is 4.79 Å². The lowest BCUT2D eigenvalue weighted by Gasteiger charge is -2.27. The van der Waals surface area contributed by atoms with Crippen LogP contribution in [0.2, 0.25) is 0 Å². The summed E-state index contributed by atoms with van der Waals surface area (Å²) in [6, 6.07) is 4.08. The second kappa shape index (κ2) is 11.1. The number of hydrogen-bond acceptors (Lipinski definition) is 6. The summed E-state index contributed by atoms with van der Waals surface area (Å²) in [7, 11) is 1.67. The third-order valence-electron chi connectivity index (χ3n) is 4.88. The van der Waals surface area contributed by atoms with E-state index >= 15 is 0 Å². The van der Waals surface area contributed by atoms with Crippen LogP contribution in [0.4, 0.5) is 5.69 Å². The number of methoxy groups -OCH3 is 1. The number of fused-ring (bicyclic) bond motifs is 3. The fourth-order valence-corrected chi connectivity index (χ4v) is 3.59. The topological polar surface area (TPSA) is 78.6 Å². The van der Waals surface area contributed by atoms with Gasteiger partial charge < -0.3 is 19.8 Å². The maximum atomic E-state index is 12.4. The number of aromatic amines is 1. The van der Waals surface area contributed by atoms with Gasteiger partial charge in [0.15, 0.2) is 0 Å². The molecule has 0 amide bonds. The SMILES string of the molecule is COc1cc(CNN2CCOCC2)cc2[nH]c(=O)c3c(c12)NCCC3.Cl.Cl.Cl. The fraction of sp³-hybridized carbons (Fsp3) is 0.500. The van der Waals surface area contributed by atoms with Crippen molar-refractivity contribution in [3.8, 4) is 5.75 Å². The number of aromatic nitrogens is 1. The Balaban J connectivity index is 0.00000131. The molecule has 3 heterocycles. The number of nitrogens with one attached hydrogen (secondary N) is 3. The summed E-state index contributed by atoms with van der Waals surface area (Å²) in [4.78, 5) is 15.5. The van der Waals surface area contributed by atoms with E-state index in [4.69, 9.17) is 9.47 Å². The van der Waals surface area contributed by atoms with Crippen LogP contribution in [0.15, 0.2) is 16.9 Å². The molecule has 0 radical (unpaired) electrons. The van der Waals surface area contributed by atoms with Gasteiger partial charge in [0.1, 0.15) is 5.75 Å². The smallest absolute Gasteiger partial charge is 0.253 e. The summed E-state index contributed by atoms with van der Waals surface area (Å²) < 4.78 is 11.0. The predicted octanol–water partition coefficient (Wildman–Crippen LogP) is 2.50. The number of hydrogen-bond donors (Lipinski definition) is 3. The van der Waals surface area contributed by atoms with Gasteiger partial charge in [0.2, 0.25) is 0 Å². The number of hydrazine groups is 1. The van der Waals surface area contributed by atoms with Crippen molar-refractivity contribution in [1.82, 2.24) is 15.4 Å². The number of H-pyrrole nitrogens is 1. The number of rotatable bonds is 4. The lowest BCUT2D eigenvalue weighted by molar-refractivity contribution is 0.0106. The van der Waals surface area contributed by atoms with E-state index in [-0.39, 0.29) is 42.8 Å². The van der Waals surface area contributed by atoms with E-state index in [1.165, 1.54) is 0 Å². The highest BCUT2D eigenvalue weighted by atomic mass is 35.5. The molecule has 10 heteroatoms. The average Bonchev–Trinajstić information content (AvgIpc) is 2.66. The van der Waals surface area contributed by atoms with Crippen molar-refractivity contribution in [2.75, 3.05) is 45.3 Å². The fourth-order valence-electron chi connectivity index (χ4n) is 3.59. The molecule has 2 aliphatic heterocycles. The van der Waals surface area contributed by atoms with Crippen LogP contribution in [0.1, 0.15) is 17.5 Å². The Morgan fingerprint density at radius 1 is 1.21 bits per heavy atom. The molecular formula is C18H27Cl3N4O3. The van der Waals surface area contributed by atoms with Crippen LogP contribution in [-0.2, 0) is 17.7 Å². The van der Waals surface area contributed by atoms with E-state index in [0.29, 0.717) is 6.54 Å². The summed E-state index contributed by atoms with van der Waals surface area (Å²) in [6.45, 7) is 4.81. The highest BCUT2D eigenvalue weighted by Crippen LogP contribution is 2.35. The van der Waals surface area contributed by atoms with Gasteiger partial charge in [0.05, 0.1) is 36.9 Å². The molecule has 0 atom stereocenters. The molecule has 3 N–H and O–H groups in total. The van der Waals surface area contributed by atoms with E-state index in [1.807, 2.05) is 12.1 Å². The Morgan fingerprint density at radius 3 is 2.68 bits per heavy atom. The summed E-state index contributed by atoms with van der Waals surface area (Å²) in [5.41, 5.74) is 7.06. The molecule has 4 rings (SSSR count). The van der Waals surface area contributed by atoms with Crippen LogP contribution in [0.3, 0.4) is 0 Å². The highest BCUT2D eigenvalue weighted by molar-refractivity contribution is 5.98. The highest BCUT2D eigenvalue weighted by Gasteiger charge is 2.19. The number of pyridine rings is 1. The first-order valence-corrected chi connectivity index (χ1v) is 8.82. The first kappa shape index (κ1) is 24.8. The minimum atomic E-state index is -0.00459. The van der Waals surface area contributed by atoms with Crippen LogP contribution in [0, 0.1) is 0 Å². The second-order valence-corrected chi connectivity index (χ2v) is 6.49. The van der Waals surface area contributed by atoms with E-state index < -0.39 is 0 Å². The zero-order valence-electron chi connectivity index (χ0n) is 15.7. The van der Waals surface area contributed by atoms with Gasteiger partial charge in [-0.25, -0.2) is 5.01 Å². The van der Waals surface area contributed by atoms with Gasteiger partial charge in [-0.15, -0.1) is 37.2 Å². The van der Waals surface area contributed by atoms with Gasteiger partial charge in [-0.05, 0) is 30.5 Å². The Bertz CT molecular complexity index is 841. The normalized spacial score (nSPS) is 16.0. The van der Waals surface area contributed by atoms with E-state index in [2.05, 4.69) is 20.7 Å². The van der Waals surface area contributed by atoms with Crippen molar-refractivity contribution in [2.24, 2.45) is 0 Å². The van der Waals surface area contributed by atoms with Crippen molar-refractivity contribution in [3.63, 3.8) is 0 Å². The van der Waals surface area contributed by atoms with Gasteiger partial charge in [0, 0.05) is 31.7 Å². The Morgan fingerprint density at radius 2 is 1.96 bits per heavy atom. The molecule has 28 heavy (non-hydrogen) atoms. The zero-order chi connectivity index (χ0) is 17.2. The molecular weight excluding hydrogens is 427 g/mol. The average molecular weight is 454 g/mol. The quantitative estimate of drug-likeness (QED) is 0.660. The number of ether oxygens (including phenoxy) is 2. The van der Waals surface area contributed by atoms with Crippen LogP contribution in [0.5, 0.6) is 5.75 Å². The van der Waals surface area contributed by atoms with Crippen LogP contribution in [-0.4, -0.2) is 50.0 Å². The molecule has 7 nitrogen and oxygen atoms in total. The summed E-state index contributed by atoms with van der Waals surface area (Å²) in [6.07, 6.45) is 1.78. The maximum Gasteiger partial charge on any atom is 0.253 e. The number of halogens is 3. The lowest BCUT2D eigenvalue weighted by Crippen LogP contribution is -2.45. The molecule has 1 fully saturated rings. The molecule has 0 saturated carbocycles. The van der Waals surface area contributed by atoms with Crippen molar-refractivity contribution in [3.05, 3.63) is 33.6 Å². The molecule has 0 aliphatic carbocycles. The molecule has 1 saturated heterocycles. The van der Waals surface area contributed by atoms with Gasteiger partial charge in [-0.3, -0.25) is 10.2 Å². The number of anilines is 1. The van der Waals surface area contributed by atoms with E-state index in [0.717, 1.165) is 79.2 Å². The zero-order valence-corrected chi connectivity index (χ0v) is 18.2. The Kier molecular flexibility index (Phi) is 9.83. The van der Waals surface area contributed by atoms with Gasteiger partial charge in [-0.2, -0.15) is 0 Å². The predicted molar refractivity (Wildman–Crippen MR) is 119 cm³/mol. The van der Waals surface area contributed by atoms with Gasteiger partial charge in [0.25, 0.3) is 5.56 Å². The molecule has 0 spiro atoms. The Hall–Kier alpha value is -1.22. The maximum absolute atomic E-state index is 12.4. The molecule has 1 aromatic heterocycles. The van der Waals surface area contributed by atoms with Gasteiger partial charge in [-0.1, -0.05) is 0 Å². The molecule has 2 aliphatic rings. The minimum absolute atomic E-state index is 0. The first-order valence-electron chi connectivity index (χ1n) is 8.82. The summed E-state index contributed by atoms with van der Waals surface area (Å²) in [5, 5.41) is 6.52. The minimum Gasteiger partial charge on any atom is -0.496 e. The number of morpholine rings is 1. The molecule has 2 aromatic rings. The molecule has 0 unspecified atom stereocenters. The van der Waals surface area contributed by atoms with Crippen molar-refractivity contribution in [1.29, 1.82) is 0 Å². The standard InChI is InChI=1S/C18H24N4O3.3ClH/c1-24-15-10-12(11-20-22-5-7-25-8-6-22)9-14-16(15)17-13(18(23)21-14)3-2-4-19-17;;;/h9-10,19-20H,2-8,11H2,1H3,(H,21,23);3*1H. The Labute approximate surface area is 182 Å². The lowest BCUT2D eigenvalue weighted by atomic mass is 10.00. The summed E-state index contributed by atoms with van der Waals surface area (Å²) in [5.74, 6) is 0.790. The van der Waals surface area contributed by atoms with Crippen molar-refractivity contribution < 1.29 is 9.47 Å². The monoisotopic (exact) mass is 452 g/mol. The number of benzene rings is 1. The molecule has 0 bridgehead atoms. The summed E-state index contributed by atoms with van der Waals surface area (Å²) >= 11 is 0. The van der Waals surface area contributed by atoms with Crippen molar-refractivity contribution >= 4 is 53.8 Å². The van der Waals surface area contributed by atoms with Crippen LogP contribution < -0.4 is 21.0 Å². The van der Waals surface area contributed by atoms with Gasteiger partial charge >= 0.3 is 0 Å². The largest absolute Gasteiger partial charge is 0.496 e. The van der Waals surface area contributed by atoms with Crippen LogP contribution in [0.25, 0.3) is 10.9 Å². The van der Waals surface area contributed by atoms with E-state index in [1.54, 1.807) is 7.11 Å². The molecule has 158 valence electrons. The molecule has 1 aromatic carbocycles. The van der Waals surface area contributed by atoms with Crippen LogP contribution >= 0.6 is 37.2 Å².